The van der Waals surface area contributed by atoms with Crippen LogP contribution in [0.5, 0.6) is 0 Å². The lowest BCUT2D eigenvalue weighted by Crippen LogP contribution is -2.56. The molecule has 2 saturated heterocycles. The van der Waals surface area contributed by atoms with E-state index < -0.39 is 5.97 Å². The van der Waals surface area contributed by atoms with Crippen molar-refractivity contribution in [3.63, 3.8) is 0 Å². The van der Waals surface area contributed by atoms with E-state index in [4.69, 9.17) is 5.11 Å². The highest BCUT2D eigenvalue weighted by atomic mass is 16.4. The second-order valence-electron chi connectivity index (χ2n) is 5.54. The summed E-state index contributed by atoms with van der Waals surface area (Å²) in [4.78, 5) is 15.6. The van der Waals surface area contributed by atoms with E-state index in [1.54, 1.807) is 6.92 Å². The lowest BCUT2D eigenvalue weighted by Gasteiger charge is -2.41. The smallest absolute Gasteiger partial charge is 0.307 e. The molecule has 2 aliphatic heterocycles. The number of aliphatic carboxylic acids is 1. The molecule has 0 aromatic heterocycles. The van der Waals surface area contributed by atoms with Gasteiger partial charge >= 0.3 is 5.97 Å². The maximum Gasteiger partial charge on any atom is 0.307 e. The van der Waals surface area contributed by atoms with Crippen LogP contribution in [-0.2, 0) is 4.79 Å². The van der Waals surface area contributed by atoms with Crippen molar-refractivity contribution < 1.29 is 9.90 Å². The van der Waals surface area contributed by atoms with Gasteiger partial charge in [-0.15, -0.1) is 0 Å². The summed E-state index contributed by atoms with van der Waals surface area (Å²) in [6, 6.07) is 0. The zero-order valence-corrected chi connectivity index (χ0v) is 11.3. The lowest BCUT2D eigenvalue weighted by molar-refractivity contribution is -0.141. The maximum atomic E-state index is 10.8. The molecule has 2 rings (SSSR count). The molecular weight excluding hydrogens is 230 g/mol. The van der Waals surface area contributed by atoms with Gasteiger partial charge in [0, 0.05) is 32.7 Å². The van der Waals surface area contributed by atoms with Crippen LogP contribution in [0.3, 0.4) is 0 Å². The Morgan fingerprint density at radius 2 is 2.06 bits per heavy atom. The summed E-state index contributed by atoms with van der Waals surface area (Å²) in [5, 5.41) is 12.5. The van der Waals surface area contributed by atoms with E-state index in [2.05, 4.69) is 15.1 Å². The molecule has 0 aromatic rings. The van der Waals surface area contributed by atoms with Gasteiger partial charge in [-0.1, -0.05) is 6.92 Å². The highest BCUT2D eigenvalue weighted by Crippen LogP contribution is 2.14. The predicted molar refractivity (Wildman–Crippen MR) is 70.5 cm³/mol. The fraction of sp³-hybridized carbons (Fsp3) is 0.923. The van der Waals surface area contributed by atoms with E-state index in [0.717, 1.165) is 32.7 Å². The van der Waals surface area contributed by atoms with Crippen LogP contribution in [0, 0.1) is 5.92 Å². The topological polar surface area (TPSA) is 55.8 Å². The summed E-state index contributed by atoms with van der Waals surface area (Å²) in [6.07, 6.45) is 4.43. The number of nitrogens with one attached hydrogen (secondary N) is 1. The molecule has 0 aromatic carbocycles. The molecule has 0 aliphatic carbocycles. The van der Waals surface area contributed by atoms with Gasteiger partial charge in [-0.2, -0.15) is 0 Å². The van der Waals surface area contributed by atoms with Crippen molar-refractivity contribution in [2.24, 2.45) is 5.92 Å². The molecule has 0 radical (unpaired) electrons. The van der Waals surface area contributed by atoms with Crippen LogP contribution >= 0.6 is 0 Å². The SMILES string of the molecule is C[C@H](CN1CCN(C2CCCCN2)CC1)C(=O)O. The van der Waals surface area contributed by atoms with Gasteiger partial charge in [0.05, 0.1) is 12.1 Å². The van der Waals surface area contributed by atoms with E-state index in [1.807, 2.05) is 0 Å². The molecule has 104 valence electrons. The molecule has 0 bridgehead atoms. The molecule has 2 atom stereocenters. The highest BCUT2D eigenvalue weighted by molar-refractivity contribution is 5.69. The normalized spacial score (nSPS) is 29.1. The third-order valence-corrected chi connectivity index (χ3v) is 4.09. The number of piperazine rings is 1. The standard InChI is InChI=1S/C13H25N3O2/c1-11(13(17)18)10-15-6-8-16(9-7-15)12-4-2-3-5-14-12/h11-12,14H,2-10H2,1H3,(H,17,18)/t11-,12?/m1/s1. The first-order valence-electron chi connectivity index (χ1n) is 7.09. The van der Waals surface area contributed by atoms with E-state index in [1.165, 1.54) is 19.3 Å². The quantitative estimate of drug-likeness (QED) is 0.763. The van der Waals surface area contributed by atoms with Crippen molar-refractivity contribution in [2.75, 3.05) is 39.3 Å². The number of hydrogen-bond acceptors (Lipinski definition) is 4. The summed E-state index contributed by atoms with van der Waals surface area (Å²) < 4.78 is 0. The Balaban J connectivity index is 1.72. The van der Waals surface area contributed by atoms with Crippen LogP contribution in [0.2, 0.25) is 0 Å². The fourth-order valence-electron chi connectivity index (χ4n) is 2.87. The molecule has 2 fully saturated rings. The monoisotopic (exact) mass is 255 g/mol. The van der Waals surface area contributed by atoms with Crippen LogP contribution in [-0.4, -0.2) is 66.3 Å². The molecule has 1 unspecified atom stereocenters. The van der Waals surface area contributed by atoms with Crippen molar-refractivity contribution >= 4 is 5.97 Å². The van der Waals surface area contributed by atoms with Gasteiger partial charge in [-0.3, -0.25) is 14.6 Å². The van der Waals surface area contributed by atoms with Crippen molar-refractivity contribution in [1.29, 1.82) is 0 Å². The Bertz CT molecular complexity index is 271. The van der Waals surface area contributed by atoms with Gasteiger partial charge in [0.1, 0.15) is 0 Å². The van der Waals surface area contributed by atoms with E-state index in [-0.39, 0.29) is 5.92 Å². The van der Waals surface area contributed by atoms with Gasteiger partial charge in [-0.05, 0) is 25.8 Å². The molecular formula is C13H25N3O2. The van der Waals surface area contributed by atoms with Crippen LogP contribution in [0.4, 0.5) is 0 Å². The highest BCUT2D eigenvalue weighted by Gasteiger charge is 2.26. The van der Waals surface area contributed by atoms with Crippen molar-refractivity contribution in [3.8, 4) is 0 Å². The average Bonchev–Trinajstić information content (AvgIpc) is 2.40. The number of piperidine rings is 1. The zero-order valence-electron chi connectivity index (χ0n) is 11.3. The first-order valence-corrected chi connectivity index (χ1v) is 7.09. The lowest BCUT2D eigenvalue weighted by atomic mass is 10.1. The summed E-state index contributed by atoms with van der Waals surface area (Å²) in [5.41, 5.74) is 0. The maximum absolute atomic E-state index is 10.8. The van der Waals surface area contributed by atoms with Gasteiger partial charge < -0.3 is 10.4 Å². The van der Waals surface area contributed by atoms with Crippen LogP contribution in [0.1, 0.15) is 26.2 Å². The summed E-state index contributed by atoms with van der Waals surface area (Å²) in [5.74, 6) is -0.948. The first kappa shape index (κ1) is 13.8. The van der Waals surface area contributed by atoms with Gasteiger partial charge in [0.2, 0.25) is 0 Å². The number of carboxylic acid groups (broad SMARTS) is 1. The molecule has 0 amide bonds. The number of hydrogen-bond donors (Lipinski definition) is 2. The second kappa shape index (κ2) is 6.50. The molecule has 0 spiro atoms. The van der Waals surface area contributed by atoms with Gasteiger partial charge in [-0.25, -0.2) is 0 Å². The Hall–Kier alpha value is -0.650. The fourth-order valence-corrected chi connectivity index (χ4v) is 2.87. The third-order valence-electron chi connectivity index (χ3n) is 4.09. The Morgan fingerprint density at radius 1 is 1.33 bits per heavy atom. The number of rotatable bonds is 4. The first-order chi connectivity index (χ1) is 8.66. The minimum Gasteiger partial charge on any atom is -0.481 e. The molecule has 5 heteroatoms. The number of carboxylic acids is 1. The van der Waals surface area contributed by atoms with E-state index in [0.29, 0.717) is 12.7 Å². The zero-order chi connectivity index (χ0) is 13.0. The predicted octanol–water partition coefficient (Wildman–Crippen LogP) is 0.424. The molecule has 18 heavy (non-hydrogen) atoms. The van der Waals surface area contributed by atoms with Crippen molar-refractivity contribution in [1.82, 2.24) is 15.1 Å². The number of carbonyl (C=O) groups is 1. The largest absolute Gasteiger partial charge is 0.481 e. The van der Waals surface area contributed by atoms with Crippen LogP contribution in [0.15, 0.2) is 0 Å². The molecule has 0 saturated carbocycles. The summed E-state index contributed by atoms with van der Waals surface area (Å²) in [6.45, 7) is 7.72. The minimum absolute atomic E-state index is 0.260. The van der Waals surface area contributed by atoms with Crippen LogP contribution < -0.4 is 5.32 Å². The molecule has 2 heterocycles. The Labute approximate surface area is 109 Å². The van der Waals surface area contributed by atoms with Gasteiger partial charge in [0.25, 0.3) is 0 Å². The average molecular weight is 255 g/mol. The minimum atomic E-state index is -0.689. The number of nitrogens with zero attached hydrogens (tertiary/aromatic N) is 2. The summed E-state index contributed by atoms with van der Waals surface area (Å²) in [7, 11) is 0. The molecule has 2 aliphatic rings. The van der Waals surface area contributed by atoms with E-state index in [9.17, 15) is 4.79 Å². The second-order valence-corrected chi connectivity index (χ2v) is 5.54. The van der Waals surface area contributed by atoms with Crippen molar-refractivity contribution in [3.05, 3.63) is 0 Å². The van der Waals surface area contributed by atoms with Crippen LogP contribution in [0.25, 0.3) is 0 Å². The van der Waals surface area contributed by atoms with Crippen molar-refractivity contribution in [2.45, 2.75) is 32.4 Å². The summed E-state index contributed by atoms with van der Waals surface area (Å²) >= 11 is 0. The van der Waals surface area contributed by atoms with E-state index >= 15 is 0 Å². The third kappa shape index (κ3) is 3.67. The molecule has 5 nitrogen and oxygen atoms in total. The van der Waals surface area contributed by atoms with Gasteiger partial charge in [0.15, 0.2) is 0 Å². The molecule has 2 N–H and O–H groups in total. The Kier molecular flexibility index (Phi) is 4.97. The Morgan fingerprint density at radius 3 is 2.61 bits per heavy atom.